The first kappa shape index (κ1) is 12.2. The highest BCUT2D eigenvalue weighted by Crippen LogP contribution is 2.18. The van der Waals surface area contributed by atoms with E-state index in [2.05, 4.69) is 21.2 Å². The van der Waals surface area contributed by atoms with E-state index in [4.69, 9.17) is 5.11 Å². The van der Waals surface area contributed by atoms with E-state index in [1.54, 1.807) is 0 Å². The standard InChI is InChI=1S/C11H14BrNO2/c1-8(11(15)13-6-7-14)9-2-4-10(12)5-3-9/h2-5,8,14H,6-7H2,1H3,(H,13,15). The van der Waals surface area contributed by atoms with Crippen LogP contribution in [-0.4, -0.2) is 24.2 Å². The molecule has 0 heterocycles. The molecule has 0 saturated carbocycles. The van der Waals surface area contributed by atoms with Crippen molar-refractivity contribution in [1.82, 2.24) is 5.32 Å². The van der Waals surface area contributed by atoms with Crippen LogP contribution < -0.4 is 5.32 Å². The lowest BCUT2D eigenvalue weighted by molar-refractivity contribution is -0.122. The number of hydrogen-bond donors (Lipinski definition) is 2. The molecule has 0 fully saturated rings. The highest BCUT2D eigenvalue weighted by Gasteiger charge is 2.13. The van der Waals surface area contributed by atoms with Crippen LogP contribution in [0.4, 0.5) is 0 Å². The van der Waals surface area contributed by atoms with E-state index >= 15 is 0 Å². The van der Waals surface area contributed by atoms with Crippen molar-refractivity contribution in [2.24, 2.45) is 0 Å². The van der Waals surface area contributed by atoms with E-state index in [9.17, 15) is 4.79 Å². The molecule has 1 unspecified atom stereocenters. The maximum absolute atomic E-state index is 11.6. The number of halogens is 1. The van der Waals surface area contributed by atoms with Gasteiger partial charge in [-0.15, -0.1) is 0 Å². The Labute approximate surface area is 97.6 Å². The molecule has 0 spiro atoms. The topological polar surface area (TPSA) is 49.3 Å². The van der Waals surface area contributed by atoms with Crippen LogP contribution in [0.5, 0.6) is 0 Å². The van der Waals surface area contributed by atoms with E-state index in [1.165, 1.54) is 0 Å². The summed E-state index contributed by atoms with van der Waals surface area (Å²) in [5, 5.41) is 11.2. The molecule has 1 aromatic rings. The highest BCUT2D eigenvalue weighted by atomic mass is 79.9. The molecule has 0 aromatic heterocycles. The van der Waals surface area contributed by atoms with E-state index in [-0.39, 0.29) is 18.4 Å². The molecule has 15 heavy (non-hydrogen) atoms. The zero-order chi connectivity index (χ0) is 11.3. The van der Waals surface area contributed by atoms with Gasteiger partial charge in [0.25, 0.3) is 0 Å². The summed E-state index contributed by atoms with van der Waals surface area (Å²) in [7, 11) is 0. The van der Waals surface area contributed by atoms with Crippen molar-refractivity contribution >= 4 is 21.8 Å². The zero-order valence-corrected chi connectivity index (χ0v) is 10.1. The van der Waals surface area contributed by atoms with Gasteiger partial charge < -0.3 is 10.4 Å². The van der Waals surface area contributed by atoms with Crippen molar-refractivity contribution in [3.05, 3.63) is 34.3 Å². The van der Waals surface area contributed by atoms with Crippen LogP contribution in [0.25, 0.3) is 0 Å². The fourth-order valence-corrected chi connectivity index (χ4v) is 1.50. The number of benzene rings is 1. The third kappa shape index (κ3) is 3.64. The second-order valence-electron chi connectivity index (χ2n) is 3.29. The molecule has 0 bridgehead atoms. The molecule has 4 heteroatoms. The molecule has 0 aliphatic rings. The number of amides is 1. The number of carbonyl (C=O) groups excluding carboxylic acids is 1. The number of hydrogen-bond acceptors (Lipinski definition) is 2. The highest BCUT2D eigenvalue weighted by molar-refractivity contribution is 9.10. The first-order chi connectivity index (χ1) is 7.15. The summed E-state index contributed by atoms with van der Waals surface area (Å²) in [5.41, 5.74) is 0.966. The van der Waals surface area contributed by atoms with Crippen LogP contribution in [0.1, 0.15) is 18.4 Å². The van der Waals surface area contributed by atoms with Gasteiger partial charge in [0.15, 0.2) is 0 Å². The first-order valence-corrected chi connectivity index (χ1v) is 5.58. The Morgan fingerprint density at radius 2 is 2.07 bits per heavy atom. The zero-order valence-electron chi connectivity index (χ0n) is 8.53. The van der Waals surface area contributed by atoms with Crippen LogP contribution in [0.3, 0.4) is 0 Å². The van der Waals surface area contributed by atoms with Crippen LogP contribution >= 0.6 is 15.9 Å². The van der Waals surface area contributed by atoms with Crippen molar-refractivity contribution in [3.8, 4) is 0 Å². The van der Waals surface area contributed by atoms with Gasteiger partial charge >= 0.3 is 0 Å². The molecular weight excluding hydrogens is 258 g/mol. The predicted octanol–water partition coefficient (Wildman–Crippen LogP) is 1.66. The smallest absolute Gasteiger partial charge is 0.227 e. The first-order valence-electron chi connectivity index (χ1n) is 4.79. The molecule has 0 saturated heterocycles. The van der Waals surface area contributed by atoms with E-state index < -0.39 is 0 Å². The van der Waals surface area contributed by atoms with Gasteiger partial charge in [0.2, 0.25) is 5.91 Å². The Morgan fingerprint density at radius 3 is 2.60 bits per heavy atom. The average molecular weight is 272 g/mol. The average Bonchev–Trinajstić information content (AvgIpc) is 2.26. The summed E-state index contributed by atoms with van der Waals surface area (Å²) in [6.07, 6.45) is 0. The SMILES string of the molecule is CC(C(=O)NCCO)c1ccc(Br)cc1. The van der Waals surface area contributed by atoms with Gasteiger partial charge in [-0.3, -0.25) is 4.79 Å². The Bertz CT molecular complexity index is 324. The molecule has 3 nitrogen and oxygen atoms in total. The summed E-state index contributed by atoms with van der Waals surface area (Å²) >= 11 is 3.34. The van der Waals surface area contributed by atoms with Crippen LogP contribution in [-0.2, 0) is 4.79 Å². The molecule has 1 aromatic carbocycles. The van der Waals surface area contributed by atoms with Gasteiger partial charge in [0.1, 0.15) is 0 Å². The molecule has 1 atom stereocenters. The maximum Gasteiger partial charge on any atom is 0.227 e. The molecule has 0 aliphatic carbocycles. The lowest BCUT2D eigenvalue weighted by Gasteiger charge is -2.11. The molecular formula is C11H14BrNO2. The van der Waals surface area contributed by atoms with Crippen molar-refractivity contribution in [2.45, 2.75) is 12.8 Å². The van der Waals surface area contributed by atoms with Crippen molar-refractivity contribution in [1.29, 1.82) is 0 Å². The lowest BCUT2D eigenvalue weighted by Crippen LogP contribution is -2.30. The third-order valence-electron chi connectivity index (χ3n) is 2.17. The van der Waals surface area contributed by atoms with E-state index in [1.807, 2.05) is 31.2 Å². The van der Waals surface area contributed by atoms with Gasteiger partial charge in [-0.2, -0.15) is 0 Å². The Balaban J connectivity index is 2.63. The van der Waals surface area contributed by atoms with Gasteiger partial charge in [0.05, 0.1) is 12.5 Å². The van der Waals surface area contributed by atoms with E-state index in [0.29, 0.717) is 6.54 Å². The summed E-state index contributed by atoms with van der Waals surface area (Å²) < 4.78 is 0.995. The Hall–Kier alpha value is -0.870. The molecule has 1 amide bonds. The van der Waals surface area contributed by atoms with Crippen molar-refractivity contribution < 1.29 is 9.90 Å². The fourth-order valence-electron chi connectivity index (χ4n) is 1.24. The molecule has 0 radical (unpaired) electrons. The quantitative estimate of drug-likeness (QED) is 0.875. The van der Waals surface area contributed by atoms with Crippen molar-refractivity contribution in [2.75, 3.05) is 13.2 Å². The minimum absolute atomic E-state index is 0.0290. The Kier molecular flexibility index (Phi) is 4.78. The fraction of sp³-hybridized carbons (Fsp3) is 0.364. The van der Waals surface area contributed by atoms with E-state index in [0.717, 1.165) is 10.0 Å². The van der Waals surface area contributed by atoms with Gasteiger partial charge in [-0.05, 0) is 24.6 Å². The normalized spacial score (nSPS) is 12.2. The van der Waals surface area contributed by atoms with Gasteiger partial charge in [-0.1, -0.05) is 28.1 Å². The van der Waals surface area contributed by atoms with Crippen LogP contribution in [0.15, 0.2) is 28.7 Å². The number of carbonyl (C=O) groups is 1. The number of aliphatic hydroxyl groups is 1. The Morgan fingerprint density at radius 1 is 1.47 bits per heavy atom. The van der Waals surface area contributed by atoms with Crippen LogP contribution in [0.2, 0.25) is 0 Å². The summed E-state index contributed by atoms with van der Waals surface area (Å²) in [4.78, 5) is 11.6. The molecule has 82 valence electrons. The monoisotopic (exact) mass is 271 g/mol. The number of rotatable bonds is 4. The summed E-state index contributed by atoms with van der Waals surface area (Å²) in [6, 6.07) is 7.64. The molecule has 1 rings (SSSR count). The van der Waals surface area contributed by atoms with Gasteiger partial charge in [-0.25, -0.2) is 0 Å². The van der Waals surface area contributed by atoms with Crippen molar-refractivity contribution in [3.63, 3.8) is 0 Å². The van der Waals surface area contributed by atoms with Crippen LogP contribution in [0, 0.1) is 0 Å². The second-order valence-corrected chi connectivity index (χ2v) is 4.20. The molecule has 2 N–H and O–H groups in total. The van der Waals surface area contributed by atoms with Gasteiger partial charge in [0, 0.05) is 11.0 Å². The summed E-state index contributed by atoms with van der Waals surface area (Å²) in [5.74, 6) is -0.254. The number of nitrogens with one attached hydrogen (secondary N) is 1. The predicted molar refractivity (Wildman–Crippen MR) is 62.7 cm³/mol. The number of aliphatic hydroxyl groups excluding tert-OH is 1. The minimum Gasteiger partial charge on any atom is -0.395 e. The third-order valence-corrected chi connectivity index (χ3v) is 2.70. The largest absolute Gasteiger partial charge is 0.395 e. The lowest BCUT2D eigenvalue weighted by atomic mass is 10.0. The maximum atomic E-state index is 11.6. The second kappa shape index (κ2) is 5.88. The molecule has 0 aliphatic heterocycles. The minimum atomic E-state index is -0.190. The summed E-state index contributed by atoms with van der Waals surface area (Å²) in [6.45, 7) is 2.12.